The molecule has 0 aliphatic rings. The SMILES string of the molecule is CCCCC/C=C\CCCCCCCC(=O)N[C@@H](CC(=O)O)C(=O)O. The molecule has 1 atom stereocenters. The smallest absolute Gasteiger partial charge is 0.326 e. The average molecular weight is 355 g/mol. The van der Waals surface area contributed by atoms with Crippen molar-refractivity contribution in [2.75, 3.05) is 0 Å². The zero-order chi connectivity index (χ0) is 18.9. The van der Waals surface area contributed by atoms with Gasteiger partial charge in [-0.25, -0.2) is 4.79 Å². The Labute approximate surface area is 150 Å². The molecule has 0 aliphatic heterocycles. The van der Waals surface area contributed by atoms with Gasteiger partial charge in [0, 0.05) is 6.42 Å². The zero-order valence-corrected chi connectivity index (χ0v) is 15.3. The Balaban J connectivity index is 3.59. The molecular weight excluding hydrogens is 322 g/mol. The summed E-state index contributed by atoms with van der Waals surface area (Å²) in [6, 6.07) is -1.35. The summed E-state index contributed by atoms with van der Waals surface area (Å²) in [5.74, 6) is -2.96. The van der Waals surface area contributed by atoms with E-state index in [0.29, 0.717) is 6.42 Å². The maximum absolute atomic E-state index is 11.6. The summed E-state index contributed by atoms with van der Waals surface area (Å²) in [6.45, 7) is 2.20. The molecule has 25 heavy (non-hydrogen) atoms. The molecule has 0 aromatic carbocycles. The number of hydrogen-bond acceptors (Lipinski definition) is 3. The molecule has 6 nitrogen and oxygen atoms in total. The third kappa shape index (κ3) is 15.4. The quantitative estimate of drug-likeness (QED) is 0.288. The van der Waals surface area contributed by atoms with Crippen LogP contribution in [0.3, 0.4) is 0 Å². The standard InChI is InChI=1S/C19H33NO5/c1-2-3-4-5-6-7-8-9-10-11-12-13-14-17(21)20-16(19(24)25)15-18(22)23/h6-7,16H,2-5,8-15H2,1H3,(H,20,21)(H,22,23)(H,24,25)/b7-6-/t16-/m0/s1. The number of unbranched alkanes of at least 4 members (excludes halogenated alkanes) is 8. The second-order valence-corrected chi connectivity index (χ2v) is 6.33. The van der Waals surface area contributed by atoms with Gasteiger partial charge in [0.25, 0.3) is 0 Å². The third-order valence-corrected chi connectivity index (χ3v) is 3.93. The molecule has 0 unspecified atom stereocenters. The number of carbonyl (C=O) groups excluding carboxylic acids is 1. The molecule has 0 aromatic heterocycles. The van der Waals surface area contributed by atoms with Crippen LogP contribution >= 0.6 is 0 Å². The van der Waals surface area contributed by atoms with Gasteiger partial charge in [0.2, 0.25) is 5.91 Å². The second-order valence-electron chi connectivity index (χ2n) is 6.33. The number of carbonyl (C=O) groups is 3. The maximum atomic E-state index is 11.6. The van der Waals surface area contributed by atoms with Gasteiger partial charge in [0.1, 0.15) is 6.04 Å². The molecule has 1 amide bonds. The van der Waals surface area contributed by atoms with Crippen LogP contribution in [0, 0.1) is 0 Å². The van der Waals surface area contributed by atoms with Crippen LogP contribution in [0.1, 0.15) is 84.0 Å². The number of nitrogens with one attached hydrogen (secondary N) is 1. The van der Waals surface area contributed by atoms with Crippen LogP contribution in [-0.2, 0) is 14.4 Å². The van der Waals surface area contributed by atoms with Crippen molar-refractivity contribution in [2.45, 2.75) is 90.0 Å². The van der Waals surface area contributed by atoms with E-state index in [1.807, 2.05) is 0 Å². The number of aliphatic carboxylic acids is 2. The minimum Gasteiger partial charge on any atom is -0.481 e. The van der Waals surface area contributed by atoms with E-state index in [1.54, 1.807) is 0 Å². The average Bonchev–Trinajstić information content (AvgIpc) is 2.54. The molecule has 3 N–H and O–H groups in total. The van der Waals surface area contributed by atoms with Gasteiger partial charge in [-0.1, -0.05) is 51.2 Å². The Hall–Kier alpha value is -1.85. The zero-order valence-electron chi connectivity index (χ0n) is 15.3. The van der Waals surface area contributed by atoms with Crippen molar-refractivity contribution in [1.82, 2.24) is 5.32 Å². The molecule has 0 spiro atoms. The summed E-state index contributed by atoms with van der Waals surface area (Å²) >= 11 is 0. The molecule has 6 heteroatoms. The van der Waals surface area contributed by atoms with Crippen molar-refractivity contribution in [2.24, 2.45) is 0 Å². The molecule has 0 saturated carbocycles. The Morgan fingerprint density at radius 2 is 1.44 bits per heavy atom. The Bertz CT molecular complexity index is 420. The summed E-state index contributed by atoms with van der Waals surface area (Å²) in [4.78, 5) is 33.1. The van der Waals surface area contributed by atoms with Gasteiger partial charge in [-0.3, -0.25) is 9.59 Å². The van der Waals surface area contributed by atoms with E-state index >= 15 is 0 Å². The lowest BCUT2D eigenvalue weighted by Crippen LogP contribution is -2.42. The van der Waals surface area contributed by atoms with Crippen LogP contribution in [0.4, 0.5) is 0 Å². The first-order chi connectivity index (χ1) is 12.0. The Kier molecular flexibility index (Phi) is 14.5. The first-order valence-corrected chi connectivity index (χ1v) is 9.36. The summed E-state index contributed by atoms with van der Waals surface area (Å²) in [5.41, 5.74) is 0. The lowest BCUT2D eigenvalue weighted by atomic mass is 10.1. The summed E-state index contributed by atoms with van der Waals surface area (Å²) in [6.07, 6.45) is 15.2. The normalized spacial score (nSPS) is 12.2. The van der Waals surface area contributed by atoms with E-state index in [9.17, 15) is 14.4 Å². The van der Waals surface area contributed by atoms with Crippen molar-refractivity contribution in [3.8, 4) is 0 Å². The van der Waals surface area contributed by atoms with Crippen molar-refractivity contribution in [3.05, 3.63) is 12.2 Å². The fourth-order valence-corrected chi connectivity index (χ4v) is 2.47. The van der Waals surface area contributed by atoms with E-state index in [0.717, 1.165) is 32.1 Å². The number of carboxylic acid groups (broad SMARTS) is 2. The van der Waals surface area contributed by atoms with Crippen LogP contribution in [0.15, 0.2) is 12.2 Å². The Morgan fingerprint density at radius 3 is 2.00 bits per heavy atom. The largest absolute Gasteiger partial charge is 0.481 e. The highest BCUT2D eigenvalue weighted by atomic mass is 16.4. The fourth-order valence-electron chi connectivity index (χ4n) is 2.47. The van der Waals surface area contributed by atoms with Crippen LogP contribution in [0.2, 0.25) is 0 Å². The molecule has 0 aromatic rings. The molecule has 0 bridgehead atoms. The number of hydrogen-bond donors (Lipinski definition) is 3. The van der Waals surface area contributed by atoms with Gasteiger partial charge in [-0.2, -0.15) is 0 Å². The van der Waals surface area contributed by atoms with Gasteiger partial charge in [0.05, 0.1) is 6.42 Å². The van der Waals surface area contributed by atoms with E-state index < -0.39 is 30.3 Å². The summed E-state index contributed by atoms with van der Waals surface area (Å²) in [5, 5.41) is 19.7. The summed E-state index contributed by atoms with van der Waals surface area (Å²) < 4.78 is 0. The van der Waals surface area contributed by atoms with Gasteiger partial charge in [-0.05, 0) is 32.1 Å². The molecule has 0 saturated heterocycles. The number of allylic oxidation sites excluding steroid dienone is 2. The van der Waals surface area contributed by atoms with E-state index in [2.05, 4.69) is 24.4 Å². The van der Waals surface area contributed by atoms with Gasteiger partial charge in [0.15, 0.2) is 0 Å². The Morgan fingerprint density at radius 1 is 0.880 bits per heavy atom. The highest BCUT2D eigenvalue weighted by Gasteiger charge is 2.22. The van der Waals surface area contributed by atoms with E-state index in [1.165, 1.54) is 25.7 Å². The first kappa shape index (κ1) is 23.1. The minimum atomic E-state index is -1.35. The van der Waals surface area contributed by atoms with Crippen molar-refractivity contribution < 1.29 is 24.6 Å². The van der Waals surface area contributed by atoms with Gasteiger partial charge < -0.3 is 15.5 Å². The first-order valence-electron chi connectivity index (χ1n) is 9.36. The topological polar surface area (TPSA) is 104 Å². The van der Waals surface area contributed by atoms with Crippen LogP contribution in [0.5, 0.6) is 0 Å². The van der Waals surface area contributed by atoms with Crippen LogP contribution in [0.25, 0.3) is 0 Å². The number of amides is 1. The van der Waals surface area contributed by atoms with Crippen LogP contribution < -0.4 is 5.32 Å². The molecule has 0 heterocycles. The molecule has 144 valence electrons. The molecular formula is C19H33NO5. The van der Waals surface area contributed by atoms with Crippen molar-refractivity contribution in [1.29, 1.82) is 0 Å². The highest BCUT2D eigenvalue weighted by molar-refractivity contribution is 5.86. The fraction of sp³-hybridized carbons (Fsp3) is 0.737. The van der Waals surface area contributed by atoms with Crippen LogP contribution in [-0.4, -0.2) is 34.1 Å². The predicted octanol–water partition coefficient (Wildman–Crippen LogP) is 3.90. The lowest BCUT2D eigenvalue weighted by molar-refractivity contribution is -0.147. The minimum absolute atomic E-state index is 0.237. The van der Waals surface area contributed by atoms with E-state index in [-0.39, 0.29) is 6.42 Å². The monoisotopic (exact) mass is 355 g/mol. The second kappa shape index (κ2) is 15.7. The molecule has 0 aliphatic carbocycles. The number of carboxylic acids is 2. The number of rotatable bonds is 16. The summed E-state index contributed by atoms with van der Waals surface area (Å²) in [7, 11) is 0. The van der Waals surface area contributed by atoms with Crippen molar-refractivity contribution >= 4 is 17.8 Å². The van der Waals surface area contributed by atoms with Gasteiger partial charge >= 0.3 is 11.9 Å². The molecule has 0 radical (unpaired) electrons. The van der Waals surface area contributed by atoms with Gasteiger partial charge in [-0.15, -0.1) is 0 Å². The van der Waals surface area contributed by atoms with E-state index in [4.69, 9.17) is 10.2 Å². The highest BCUT2D eigenvalue weighted by Crippen LogP contribution is 2.09. The lowest BCUT2D eigenvalue weighted by Gasteiger charge is -2.12. The predicted molar refractivity (Wildman–Crippen MR) is 97.4 cm³/mol. The maximum Gasteiger partial charge on any atom is 0.326 e. The van der Waals surface area contributed by atoms with Crippen molar-refractivity contribution in [3.63, 3.8) is 0 Å². The molecule has 0 rings (SSSR count). The third-order valence-electron chi connectivity index (χ3n) is 3.93. The molecule has 0 fully saturated rings.